The SMILES string of the molecule is COCCCNC(=O)c1ccnc(N(C)CCc2ccncc2)n1. The quantitative estimate of drug-likeness (QED) is 0.699. The van der Waals surface area contributed by atoms with Gasteiger partial charge in [0.25, 0.3) is 5.91 Å². The first-order valence-corrected chi connectivity index (χ1v) is 7.91. The zero-order valence-electron chi connectivity index (χ0n) is 14.1. The van der Waals surface area contributed by atoms with Gasteiger partial charge in [-0.05, 0) is 36.6 Å². The number of pyridine rings is 1. The van der Waals surface area contributed by atoms with E-state index in [1.54, 1.807) is 31.8 Å². The van der Waals surface area contributed by atoms with Gasteiger partial charge in [-0.3, -0.25) is 9.78 Å². The summed E-state index contributed by atoms with van der Waals surface area (Å²) in [7, 11) is 3.55. The highest BCUT2D eigenvalue weighted by Gasteiger charge is 2.10. The number of carbonyl (C=O) groups excluding carboxylic acids is 1. The van der Waals surface area contributed by atoms with E-state index in [-0.39, 0.29) is 5.91 Å². The third kappa shape index (κ3) is 5.58. The standard InChI is InChI=1S/C17H23N5O2/c1-22(12-7-14-4-9-18-10-5-14)17-20-11-6-15(21-17)16(23)19-8-3-13-24-2/h4-6,9-11H,3,7-8,12-13H2,1-2H3,(H,19,23). The van der Waals surface area contributed by atoms with Crippen LogP contribution in [0.2, 0.25) is 0 Å². The number of hydrogen-bond acceptors (Lipinski definition) is 6. The van der Waals surface area contributed by atoms with Crippen molar-refractivity contribution in [2.45, 2.75) is 12.8 Å². The lowest BCUT2D eigenvalue weighted by Crippen LogP contribution is -2.28. The van der Waals surface area contributed by atoms with Gasteiger partial charge in [-0.15, -0.1) is 0 Å². The minimum atomic E-state index is -0.197. The number of anilines is 1. The highest BCUT2D eigenvalue weighted by Crippen LogP contribution is 2.07. The van der Waals surface area contributed by atoms with Gasteiger partial charge in [0.05, 0.1) is 0 Å². The Bertz CT molecular complexity index is 636. The van der Waals surface area contributed by atoms with E-state index in [2.05, 4.69) is 20.3 Å². The molecule has 0 unspecified atom stereocenters. The van der Waals surface area contributed by atoms with Crippen LogP contribution in [0.4, 0.5) is 5.95 Å². The highest BCUT2D eigenvalue weighted by atomic mass is 16.5. The number of rotatable bonds is 9. The third-order valence-corrected chi connectivity index (χ3v) is 3.51. The van der Waals surface area contributed by atoms with Crippen LogP contribution in [0.15, 0.2) is 36.8 Å². The lowest BCUT2D eigenvalue weighted by Gasteiger charge is -2.17. The van der Waals surface area contributed by atoms with Gasteiger partial charge in [0.1, 0.15) is 5.69 Å². The Kier molecular flexibility index (Phi) is 7.10. The average molecular weight is 329 g/mol. The van der Waals surface area contributed by atoms with Crippen molar-refractivity contribution in [2.24, 2.45) is 0 Å². The van der Waals surface area contributed by atoms with E-state index in [0.29, 0.717) is 24.8 Å². The molecule has 0 aliphatic rings. The summed E-state index contributed by atoms with van der Waals surface area (Å²) in [5, 5.41) is 2.82. The van der Waals surface area contributed by atoms with Gasteiger partial charge in [0.15, 0.2) is 0 Å². The number of amides is 1. The van der Waals surface area contributed by atoms with E-state index in [9.17, 15) is 4.79 Å². The predicted octanol–water partition coefficient (Wildman–Crippen LogP) is 1.32. The van der Waals surface area contributed by atoms with Gasteiger partial charge in [0, 0.05) is 52.4 Å². The van der Waals surface area contributed by atoms with Gasteiger partial charge >= 0.3 is 0 Å². The molecule has 128 valence electrons. The zero-order valence-corrected chi connectivity index (χ0v) is 14.1. The van der Waals surface area contributed by atoms with Crippen molar-refractivity contribution in [2.75, 3.05) is 38.8 Å². The van der Waals surface area contributed by atoms with E-state index in [1.165, 1.54) is 5.56 Å². The molecule has 0 aliphatic heterocycles. The maximum atomic E-state index is 12.1. The molecule has 0 atom stereocenters. The lowest BCUT2D eigenvalue weighted by molar-refractivity contribution is 0.0943. The second-order valence-electron chi connectivity index (χ2n) is 5.37. The Labute approximate surface area is 142 Å². The summed E-state index contributed by atoms with van der Waals surface area (Å²) >= 11 is 0. The van der Waals surface area contributed by atoms with Crippen molar-refractivity contribution >= 4 is 11.9 Å². The number of nitrogens with zero attached hydrogens (tertiary/aromatic N) is 4. The summed E-state index contributed by atoms with van der Waals surface area (Å²) in [6, 6.07) is 5.59. The molecule has 0 bridgehead atoms. The van der Waals surface area contributed by atoms with Gasteiger partial charge in [0.2, 0.25) is 5.95 Å². The van der Waals surface area contributed by atoms with Crippen molar-refractivity contribution in [1.82, 2.24) is 20.3 Å². The monoisotopic (exact) mass is 329 g/mol. The van der Waals surface area contributed by atoms with E-state index in [4.69, 9.17) is 4.74 Å². The molecule has 2 aromatic rings. The molecule has 2 aromatic heterocycles. The van der Waals surface area contributed by atoms with Crippen molar-refractivity contribution < 1.29 is 9.53 Å². The van der Waals surface area contributed by atoms with Gasteiger partial charge in [-0.2, -0.15) is 0 Å². The summed E-state index contributed by atoms with van der Waals surface area (Å²) in [5.74, 6) is 0.339. The van der Waals surface area contributed by atoms with E-state index in [0.717, 1.165) is 19.4 Å². The van der Waals surface area contributed by atoms with E-state index >= 15 is 0 Å². The summed E-state index contributed by atoms with van der Waals surface area (Å²) in [4.78, 5) is 26.6. The largest absolute Gasteiger partial charge is 0.385 e. The molecular weight excluding hydrogens is 306 g/mol. The number of hydrogen-bond donors (Lipinski definition) is 1. The van der Waals surface area contributed by atoms with E-state index < -0.39 is 0 Å². The van der Waals surface area contributed by atoms with Gasteiger partial charge in [-0.25, -0.2) is 9.97 Å². The molecule has 0 saturated carbocycles. The Morgan fingerprint density at radius 3 is 2.79 bits per heavy atom. The number of nitrogens with one attached hydrogen (secondary N) is 1. The maximum Gasteiger partial charge on any atom is 0.270 e. The van der Waals surface area contributed by atoms with Gasteiger partial charge in [-0.1, -0.05) is 0 Å². The minimum Gasteiger partial charge on any atom is -0.385 e. The van der Waals surface area contributed by atoms with Crippen LogP contribution in [0, 0.1) is 0 Å². The summed E-state index contributed by atoms with van der Waals surface area (Å²) < 4.78 is 4.96. The zero-order chi connectivity index (χ0) is 17.2. The number of aromatic nitrogens is 3. The molecule has 0 fully saturated rings. The molecule has 0 spiro atoms. The molecular formula is C17H23N5O2. The molecule has 2 rings (SSSR count). The Morgan fingerprint density at radius 1 is 1.25 bits per heavy atom. The summed E-state index contributed by atoms with van der Waals surface area (Å²) in [5.41, 5.74) is 1.57. The third-order valence-electron chi connectivity index (χ3n) is 3.51. The molecule has 24 heavy (non-hydrogen) atoms. The second-order valence-corrected chi connectivity index (χ2v) is 5.37. The molecule has 1 N–H and O–H groups in total. The minimum absolute atomic E-state index is 0.197. The number of methoxy groups -OCH3 is 1. The van der Waals surface area contributed by atoms with Crippen LogP contribution in [-0.2, 0) is 11.2 Å². The molecule has 1 amide bonds. The van der Waals surface area contributed by atoms with Crippen LogP contribution in [0.1, 0.15) is 22.5 Å². The molecule has 7 heteroatoms. The Hall–Kier alpha value is -2.54. The van der Waals surface area contributed by atoms with Crippen molar-refractivity contribution in [3.8, 4) is 0 Å². The fourth-order valence-electron chi connectivity index (χ4n) is 2.11. The topological polar surface area (TPSA) is 80.2 Å². The molecule has 7 nitrogen and oxygen atoms in total. The fourth-order valence-corrected chi connectivity index (χ4v) is 2.11. The first kappa shape index (κ1) is 17.8. The van der Waals surface area contributed by atoms with E-state index in [1.807, 2.05) is 24.1 Å². The van der Waals surface area contributed by atoms with Crippen LogP contribution in [0.25, 0.3) is 0 Å². The highest BCUT2D eigenvalue weighted by molar-refractivity contribution is 5.92. The van der Waals surface area contributed by atoms with Crippen molar-refractivity contribution in [3.05, 3.63) is 48.0 Å². The molecule has 2 heterocycles. The van der Waals surface area contributed by atoms with Crippen LogP contribution in [0.5, 0.6) is 0 Å². The number of ether oxygens (including phenoxy) is 1. The van der Waals surface area contributed by atoms with Crippen molar-refractivity contribution in [3.63, 3.8) is 0 Å². The fraction of sp³-hybridized carbons (Fsp3) is 0.412. The van der Waals surface area contributed by atoms with Crippen LogP contribution in [0.3, 0.4) is 0 Å². The summed E-state index contributed by atoms with van der Waals surface area (Å²) in [6.45, 7) is 1.93. The first-order chi connectivity index (χ1) is 11.7. The maximum absolute atomic E-state index is 12.1. The van der Waals surface area contributed by atoms with Crippen LogP contribution < -0.4 is 10.2 Å². The predicted molar refractivity (Wildman–Crippen MR) is 92.1 cm³/mol. The van der Waals surface area contributed by atoms with Crippen LogP contribution >= 0.6 is 0 Å². The molecule has 0 aromatic carbocycles. The number of likely N-dealkylation sites (N-methyl/N-ethyl adjacent to an activating group) is 1. The Morgan fingerprint density at radius 2 is 2.04 bits per heavy atom. The second kappa shape index (κ2) is 9.57. The first-order valence-electron chi connectivity index (χ1n) is 7.91. The lowest BCUT2D eigenvalue weighted by atomic mass is 10.2. The van der Waals surface area contributed by atoms with Crippen molar-refractivity contribution in [1.29, 1.82) is 0 Å². The van der Waals surface area contributed by atoms with Gasteiger partial charge < -0.3 is 15.0 Å². The molecule has 0 saturated heterocycles. The summed E-state index contributed by atoms with van der Waals surface area (Å²) in [6.07, 6.45) is 6.79. The Balaban J connectivity index is 1.90. The normalized spacial score (nSPS) is 10.4. The smallest absolute Gasteiger partial charge is 0.270 e. The molecule has 0 radical (unpaired) electrons. The molecule has 0 aliphatic carbocycles. The van der Waals surface area contributed by atoms with Crippen LogP contribution in [-0.4, -0.2) is 54.7 Å². The average Bonchev–Trinajstić information content (AvgIpc) is 2.64. The number of carbonyl (C=O) groups is 1.